The molecular weight excluding hydrogens is 347 g/mol. The normalized spacial score (nSPS) is 10.9. The van der Waals surface area contributed by atoms with Gasteiger partial charge < -0.3 is 14.7 Å². The monoisotopic (exact) mass is 368 g/mol. The van der Waals surface area contributed by atoms with E-state index in [4.69, 9.17) is 4.65 Å². The van der Waals surface area contributed by atoms with Crippen LogP contribution in [-0.2, 0) is 10.1 Å². The molecule has 0 aromatic heterocycles. The molecule has 27 heavy (non-hydrogen) atoms. The van der Waals surface area contributed by atoms with Crippen LogP contribution in [0.4, 0.5) is 0 Å². The second kappa shape index (κ2) is 10.6. The molecule has 0 unspecified atom stereocenters. The van der Waals surface area contributed by atoms with Gasteiger partial charge in [-0.2, -0.15) is 0 Å². The summed E-state index contributed by atoms with van der Waals surface area (Å²) in [6.45, 7) is 0.159. The summed E-state index contributed by atoms with van der Waals surface area (Å²) in [7, 11) is -2.23. The molecule has 0 N–H and O–H groups in total. The molecule has 3 nitrogen and oxygen atoms in total. The van der Waals surface area contributed by atoms with Crippen LogP contribution < -0.4 is 10.0 Å². The summed E-state index contributed by atoms with van der Waals surface area (Å²) < 4.78 is 4.73. The Hall–Kier alpha value is -1.63. The van der Waals surface area contributed by atoms with E-state index >= 15 is 0 Å². The Labute approximate surface area is 177 Å². The molecule has 0 aliphatic carbocycles. The third-order valence-electron chi connectivity index (χ3n) is 4.75. The molecule has 0 fully saturated rings. The van der Waals surface area contributed by atoms with Gasteiger partial charge >= 0.3 is 23.1 Å². The van der Waals surface area contributed by atoms with Gasteiger partial charge in [0.15, 0.2) is 0 Å². The smallest absolute Gasteiger partial charge is 0.871 e. The van der Waals surface area contributed by atoms with Crippen molar-refractivity contribution in [3.8, 4) is 0 Å². The predicted octanol–water partition coefficient (Wildman–Crippen LogP) is 2.14. The molecule has 0 amide bonds. The molecule has 0 spiro atoms. The zero-order valence-electron chi connectivity index (χ0n) is 15.3. The Balaban J connectivity index is 0.00000261. The number of hydrogen-bond donors (Lipinski definition) is 0. The summed E-state index contributed by atoms with van der Waals surface area (Å²) in [6, 6.07) is 31.0. The third-order valence-corrected chi connectivity index (χ3v) is 4.75. The first kappa shape index (κ1) is 21.7. The van der Waals surface area contributed by atoms with Crippen molar-refractivity contribution >= 4 is 30.4 Å². The van der Waals surface area contributed by atoms with Crippen LogP contribution in [-0.4, -0.2) is 37.0 Å². The fourth-order valence-corrected chi connectivity index (χ4v) is 3.62. The van der Waals surface area contributed by atoms with Crippen LogP contribution in [0.2, 0.25) is 0 Å². The average Bonchev–Trinajstić information content (AvgIpc) is 2.70. The quantitative estimate of drug-likeness (QED) is 0.348. The van der Waals surface area contributed by atoms with Crippen molar-refractivity contribution in [2.75, 3.05) is 6.61 Å². The van der Waals surface area contributed by atoms with Crippen molar-refractivity contribution in [1.29, 1.82) is 0 Å². The maximum absolute atomic E-state index is 10.7. The van der Waals surface area contributed by atoms with Gasteiger partial charge in [-0.3, -0.25) is 0 Å². The Morgan fingerprint density at radius 3 is 1.37 bits per heavy atom. The maximum Gasteiger partial charge on any atom is 2.00 e. The molecular formula is C22H21BMgO3. The molecule has 0 bridgehead atoms. The number of benzene rings is 3. The van der Waals surface area contributed by atoms with Crippen molar-refractivity contribution in [2.24, 2.45) is 0 Å². The van der Waals surface area contributed by atoms with Gasteiger partial charge in [-0.1, -0.05) is 91.0 Å². The number of hydrogen-bond acceptors (Lipinski definition) is 3. The van der Waals surface area contributed by atoms with Gasteiger partial charge in [0.1, 0.15) is 0 Å². The first-order chi connectivity index (χ1) is 12.7. The van der Waals surface area contributed by atoms with Crippen LogP contribution in [0.25, 0.3) is 0 Å². The van der Waals surface area contributed by atoms with Gasteiger partial charge in [0.2, 0.25) is 0 Å². The van der Waals surface area contributed by atoms with Crippen LogP contribution in [0.1, 0.15) is 29.5 Å². The molecule has 0 heterocycles. The molecule has 0 atom stereocenters. The molecule has 5 heteroatoms. The van der Waals surface area contributed by atoms with E-state index in [-0.39, 0.29) is 35.1 Å². The van der Waals surface area contributed by atoms with Gasteiger partial charge in [-0.05, 0) is 29.5 Å². The minimum atomic E-state index is -2.23. The summed E-state index contributed by atoms with van der Waals surface area (Å²) in [5.41, 5.74) is 3.17. The molecule has 3 rings (SSSR count). The Morgan fingerprint density at radius 2 is 1.04 bits per heavy atom. The van der Waals surface area contributed by atoms with Crippen LogP contribution in [0.3, 0.4) is 0 Å². The first-order valence-corrected chi connectivity index (χ1v) is 8.83. The molecule has 3 aromatic rings. The summed E-state index contributed by atoms with van der Waals surface area (Å²) in [6.07, 6.45) is 1.34. The molecule has 0 aliphatic heterocycles. The van der Waals surface area contributed by atoms with E-state index in [0.29, 0.717) is 6.42 Å². The summed E-state index contributed by atoms with van der Waals surface area (Å²) in [4.78, 5) is 0. The number of rotatable bonds is 8. The second-order valence-corrected chi connectivity index (χ2v) is 6.27. The Morgan fingerprint density at radius 1 is 0.667 bits per heavy atom. The minimum absolute atomic E-state index is 0. The van der Waals surface area contributed by atoms with E-state index in [1.807, 2.05) is 54.6 Å². The fraction of sp³-hybridized carbons (Fsp3) is 0.182. The van der Waals surface area contributed by atoms with Gasteiger partial charge in [0, 0.05) is 12.0 Å². The molecule has 132 valence electrons. The molecule has 0 saturated heterocycles. The zero-order chi connectivity index (χ0) is 18.2. The Kier molecular flexibility index (Phi) is 8.54. The topological polar surface area (TPSA) is 55.3 Å². The van der Waals surface area contributed by atoms with Crippen LogP contribution in [0, 0.1) is 0 Å². The molecule has 3 aromatic carbocycles. The van der Waals surface area contributed by atoms with Gasteiger partial charge in [0.05, 0.1) is 7.32 Å². The van der Waals surface area contributed by atoms with Crippen LogP contribution in [0.5, 0.6) is 0 Å². The maximum atomic E-state index is 10.7. The largest absolute Gasteiger partial charge is 2.00 e. The van der Waals surface area contributed by atoms with E-state index < -0.39 is 7.32 Å². The first-order valence-electron chi connectivity index (χ1n) is 8.83. The standard InChI is InChI=1S/C22H21BO3.Mg/c24-23(25)26-18-10-17-22(19-11-4-1-5-12-19,20-13-6-2-7-14-20)21-15-8-3-9-16-21;/h1-9,11-16H,10,17-18H2;/q-2;+2. The van der Waals surface area contributed by atoms with Crippen molar-refractivity contribution in [3.05, 3.63) is 108 Å². The fourth-order valence-electron chi connectivity index (χ4n) is 3.62. The van der Waals surface area contributed by atoms with Crippen LogP contribution in [0.15, 0.2) is 91.0 Å². The van der Waals surface area contributed by atoms with Crippen molar-refractivity contribution in [1.82, 2.24) is 0 Å². The predicted molar refractivity (Wildman–Crippen MR) is 106 cm³/mol. The van der Waals surface area contributed by atoms with Gasteiger partial charge in [-0.15, -0.1) is 0 Å². The van der Waals surface area contributed by atoms with Crippen molar-refractivity contribution < 1.29 is 14.7 Å². The summed E-state index contributed by atoms with van der Waals surface area (Å²) in [5.74, 6) is 0. The van der Waals surface area contributed by atoms with E-state index in [9.17, 15) is 10.0 Å². The van der Waals surface area contributed by atoms with Crippen molar-refractivity contribution in [2.45, 2.75) is 18.3 Å². The van der Waals surface area contributed by atoms with Crippen LogP contribution >= 0.6 is 0 Å². The minimum Gasteiger partial charge on any atom is -0.871 e. The van der Waals surface area contributed by atoms with Crippen molar-refractivity contribution in [3.63, 3.8) is 0 Å². The molecule has 0 saturated carbocycles. The van der Waals surface area contributed by atoms with E-state index in [1.54, 1.807) is 0 Å². The zero-order valence-corrected chi connectivity index (χ0v) is 16.7. The van der Waals surface area contributed by atoms with Gasteiger partial charge in [-0.25, -0.2) is 0 Å². The SMILES string of the molecule is [Mg+2].[O-]B([O-])OCCCC(c1ccccc1)(c1ccccc1)c1ccccc1. The third kappa shape index (κ3) is 5.21. The summed E-state index contributed by atoms with van der Waals surface area (Å²) >= 11 is 0. The summed E-state index contributed by atoms with van der Waals surface area (Å²) in [5, 5.41) is 21.4. The van der Waals surface area contributed by atoms with Gasteiger partial charge in [0.25, 0.3) is 0 Å². The van der Waals surface area contributed by atoms with E-state index in [0.717, 1.165) is 6.42 Å². The Bertz CT molecular complexity index is 686. The molecule has 0 radical (unpaired) electrons. The average molecular weight is 369 g/mol. The van der Waals surface area contributed by atoms with E-state index in [1.165, 1.54) is 16.7 Å². The molecule has 0 aliphatic rings. The second-order valence-electron chi connectivity index (χ2n) is 6.27. The van der Waals surface area contributed by atoms with E-state index in [2.05, 4.69) is 36.4 Å².